The zero-order valence-corrected chi connectivity index (χ0v) is 21.8. The van der Waals surface area contributed by atoms with E-state index in [1.54, 1.807) is 4.90 Å². The topological polar surface area (TPSA) is 101 Å². The molecule has 1 saturated heterocycles. The van der Waals surface area contributed by atoms with Gasteiger partial charge in [-0.1, -0.05) is 58.4 Å². The van der Waals surface area contributed by atoms with Gasteiger partial charge in [0.15, 0.2) is 11.2 Å². The number of ether oxygens (including phenoxy) is 3. The molecule has 2 fully saturated rings. The molecule has 192 valence electrons. The maximum absolute atomic E-state index is 14.2. The summed E-state index contributed by atoms with van der Waals surface area (Å²) >= 11 is 3.49. The van der Waals surface area contributed by atoms with E-state index in [2.05, 4.69) is 20.9 Å². The van der Waals surface area contributed by atoms with Crippen molar-refractivity contribution in [3.8, 4) is 11.5 Å². The Labute approximate surface area is 222 Å². The van der Waals surface area contributed by atoms with E-state index in [1.165, 1.54) is 19.5 Å². The number of rotatable bonds is 4. The minimum absolute atomic E-state index is 0.248. The molecule has 0 radical (unpaired) electrons. The third kappa shape index (κ3) is 3.38. The van der Waals surface area contributed by atoms with Crippen LogP contribution in [0.5, 0.6) is 11.5 Å². The highest BCUT2D eigenvalue weighted by atomic mass is 79.9. The van der Waals surface area contributed by atoms with Gasteiger partial charge in [0.2, 0.25) is 5.91 Å². The summed E-state index contributed by atoms with van der Waals surface area (Å²) in [5.41, 5.74) is -1.87. The van der Waals surface area contributed by atoms with Crippen LogP contribution in [0.25, 0.3) is 0 Å². The van der Waals surface area contributed by atoms with Gasteiger partial charge in [0.1, 0.15) is 17.6 Å². The molecule has 1 amide bonds. The summed E-state index contributed by atoms with van der Waals surface area (Å²) in [7, 11) is 1.48. The molecule has 3 heterocycles. The highest BCUT2D eigenvalue weighted by molar-refractivity contribution is 9.10. The first-order valence-electron chi connectivity index (χ1n) is 12.2. The van der Waals surface area contributed by atoms with Crippen molar-refractivity contribution in [1.82, 2.24) is 9.88 Å². The fourth-order valence-corrected chi connectivity index (χ4v) is 6.63. The average molecular weight is 567 g/mol. The highest BCUT2D eigenvalue weighted by Gasteiger charge is 2.78. The number of amides is 1. The van der Waals surface area contributed by atoms with Crippen LogP contribution < -0.4 is 9.47 Å². The maximum atomic E-state index is 14.2. The first-order valence-corrected chi connectivity index (χ1v) is 13.0. The molecule has 1 aromatic heterocycles. The number of halogens is 1. The van der Waals surface area contributed by atoms with Crippen LogP contribution in [-0.2, 0) is 20.7 Å². The molecule has 5 atom stereocenters. The molecule has 3 aromatic rings. The normalized spacial score (nSPS) is 30.4. The Hall–Kier alpha value is -2.98. The Bertz CT molecular complexity index is 1320. The third-order valence-corrected chi connectivity index (χ3v) is 8.45. The molecule has 9 heteroatoms. The number of morpholine rings is 1. The van der Waals surface area contributed by atoms with Crippen molar-refractivity contribution in [2.75, 3.05) is 33.4 Å². The molecule has 2 aliphatic heterocycles. The van der Waals surface area contributed by atoms with E-state index < -0.39 is 29.1 Å². The van der Waals surface area contributed by atoms with Crippen LogP contribution >= 0.6 is 15.9 Å². The molecule has 6 rings (SSSR count). The lowest BCUT2D eigenvalue weighted by Crippen LogP contribution is -2.52. The summed E-state index contributed by atoms with van der Waals surface area (Å²) in [6.07, 6.45) is 1.50. The number of carbonyl (C=O) groups is 1. The molecule has 0 spiro atoms. The lowest BCUT2D eigenvalue weighted by molar-refractivity contribution is -0.158. The molecule has 0 unspecified atom stereocenters. The molecule has 2 aromatic carbocycles. The van der Waals surface area contributed by atoms with E-state index in [0.717, 1.165) is 10.0 Å². The fraction of sp³-hybridized carbons (Fsp3) is 0.357. The fourth-order valence-electron chi connectivity index (χ4n) is 6.36. The van der Waals surface area contributed by atoms with Gasteiger partial charge in [-0.25, -0.2) is 0 Å². The van der Waals surface area contributed by atoms with Gasteiger partial charge in [0.05, 0.1) is 44.2 Å². The number of carbonyl (C=O) groups excluding carboxylic acids is 1. The molecule has 1 aliphatic carbocycles. The molecular weight excluding hydrogens is 540 g/mol. The van der Waals surface area contributed by atoms with Gasteiger partial charge in [0, 0.05) is 23.5 Å². The monoisotopic (exact) mass is 566 g/mol. The zero-order chi connectivity index (χ0) is 25.8. The number of aliphatic hydroxyl groups is 2. The number of hydrogen-bond donors (Lipinski definition) is 2. The summed E-state index contributed by atoms with van der Waals surface area (Å²) in [6.45, 7) is 1.67. The Kier molecular flexibility index (Phi) is 5.99. The predicted octanol–water partition coefficient (Wildman–Crippen LogP) is 2.96. The standard InChI is InChI=1S/C28H27BrN2O6/c1-35-20-15-30-16-21-24(20)27(34)25(32)22(26(33)31-11-13-36-14-12-31)23(17-5-3-2-4-6-17)28(27,37-21)18-7-9-19(29)10-8-18/h2-10,15-16,22-23,25,32,34H,11-14H2,1H3/t22-,23-,25-,27+,28+/m1/s1. The molecule has 3 aliphatic rings. The lowest BCUT2D eigenvalue weighted by atomic mass is 9.70. The number of pyridine rings is 1. The smallest absolute Gasteiger partial charge is 0.229 e. The second-order valence-electron chi connectivity index (χ2n) is 9.62. The Morgan fingerprint density at radius 3 is 2.49 bits per heavy atom. The zero-order valence-electron chi connectivity index (χ0n) is 20.2. The summed E-state index contributed by atoms with van der Waals surface area (Å²) < 4.78 is 18.6. The van der Waals surface area contributed by atoms with Gasteiger partial charge in [-0.15, -0.1) is 0 Å². The van der Waals surface area contributed by atoms with Crippen LogP contribution in [0.1, 0.15) is 22.6 Å². The van der Waals surface area contributed by atoms with E-state index >= 15 is 0 Å². The number of fused-ring (bicyclic) bond motifs is 3. The number of aliphatic hydroxyl groups excluding tert-OH is 1. The van der Waals surface area contributed by atoms with Crippen LogP contribution in [0.15, 0.2) is 71.5 Å². The summed E-state index contributed by atoms with van der Waals surface area (Å²) in [4.78, 5) is 20.1. The summed E-state index contributed by atoms with van der Waals surface area (Å²) in [6, 6.07) is 16.9. The van der Waals surface area contributed by atoms with Crippen molar-refractivity contribution in [2.24, 2.45) is 5.92 Å². The molecule has 2 N–H and O–H groups in total. The molecule has 8 nitrogen and oxygen atoms in total. The number of methoxy groups -OCH3 is 1. The van der Waals surface area contributed by atoms with Crippen molar-refractivity contribution in [3.05, 3.63) is 88.2 Å². The molecule has 37 heavy (non-hydrogen) atoms. The van der Waals surface area contributed by atoms with Gasteiger partial charge < -0.3 is 29.3 Å². The molecule has 1 saturated carbocycles. The van der Waals surface area contributed by atoms with E-state index in [4.69, 9.17) is 14.2 Å². The quantitative estimate of drug-likeness (QED) is 0.500. The van der Waals surface area contributed by atoms with Crippen molar-refractivity contribution in [1.29, 1.82) is 0 Å². The Morgan fingerprint density at radius 1 is 1.11 bits per heavy atom. The van der Waals surface area contributed by atoms with Crippen LogP contribution in [0, 0.1) is 5.92 Å². The van der Waals surface area contributed by atoms with Crippen molar-refractivity contribution in [3.63, 3.8) is 0 Å². The largest absolute Gasteiger partial charge is 0.495 e. The first-order chi connectivity index (χ1) is 17.9. The van der Waals surface area contributed by atoms with Gasteiger partial charge >= 0.3 is 0 Å². The second-order valence-corrected chi connectivity index (χ2v) is 10.5. The van der Waals surface area contributed by atoms with Gasteiger partial charge in [-0.3, -0.25) is 9.78 Å². The van der Waals surface area contributed by atoms with Crippen LogP contribution in [0.3, 0.4) is 0 Å². The first kappa shape index (κ1) is 24.4. The number of nitrogens with zero attached hydrogens (tertiary/aromatic N) is 2. The van der Waals surface area contributed by atoms with Gasteiger partial charge in [-0.05, 0) is 23.3 Å². The number of aromatic nitrogens is 1. The van der Waals surface area contributed by atoms with Crippen molar-refractivity contribution in [2.45, 2.75) is 23.2 Å². The van der Waals surface area contributed by atoms with Crippen molar-refractivity contribution < 1.29 is 29.2 Å². The van der Waals surface area contributed by atoms with Gasteiger partial charge in [0.25, 0.3) is 0 Å². The van der Waals surface area contributed by atoms with Crippen molar-refractivity contribution >= 4 is 21.8 Å². The third-order valence-electron chi connectivity index (χ3n) is 7.92. The maximum Gasteiger partial charge on any atom is 0.229 e. The average Bonchev–Trinajstić information content (AvgIpc) is 3.32. The Balaban J connectivity index is 1.65. The second kappa shape index (κ2) is 9.09. The van der Waals surface area contributed by atoms with E-state index in [0.29, 0.717) is 43.2 Å². The predicted molar refractivity (Wildman–Crippen MR) is 137 cm³/mol. The SMILES string of the molecule is COc1cncc2c1[C@]1(O)[C@H](O)[C@H](C(=O)N3CCOCC3)[C@@H](c3ccccc3)[C@]1(c1ccc(Br)cc1)O2. The highest BCUT2D eigenvalue weighted by Crippen LogP contribution is 2.69. The Morgan fingerprint density at radius 2 is 1.81 bits per heavy atom. The number of hydrogen-bond acceptors (Lipinski definition) is 7. The number of benzene rings is 2. The summed E-state index contributed by atoms with van der Waals surface area (Å²) in [5.74, 6) is -1.39. The van der Waals surface area contributed by atoms with Crippen LogP contribution in [0.4, 0.5) is 0 Å². The molecule has 0 bridgehead atoms. The lowest BCUT2D eigenvalue weighted by Gasteiger charge is -2.41. The van der Waals surface area contributed by atoms with Crippen LogP contribution in [-0.4, -0.2) is 65.5 Å². The van der Waals surface area contributed by atoms with E-state index in [1.807, 2.05) is 54.6 Å². The molecular formula is C28H27BrN2O6. The summed E-state index contributed by atoms with van der Waals surface area (Å²) in [5, 5.41) is 24.9. The van der Waals surface area contributed by atoms with E-state index in [9.17, 15) is 15.0 Å². The van der Waals surface area contributed by atoms with E-state index in [-0.39, 0.29) is 11.7 Å². The minimum atomic E-state index is -2.02. The minimum Gasteiger partial charge on any atom is -0.495 e. The van der Waals surface area contributed by atoms with Gasteiger partial charge in [-0.2, -0.15) is 0 Å². The van der Waals surface area contributed by atoms with Crippen LogP contribution in [0.2, 0.25) is 0 Å².